The molecule has 1 aliphatic heterocycles. The highest BCUT2D eigenvalue weighted by molar-refractivity contribution is 5.77. The van der Waals surface area contributed by atoms with Crippen LogP contribution in [0.4, 0.5) is 0 Å². The second kappa shape index (κ2) is 6.31. The van der Waals surface area contributed by atoms with Crippen LogP contribution >= 0.6 is 0 Å². The van der Waals surface area contributed by atoms with Gasteiger partial charge >= 0.3 is 0 Å². The van der Waals surface area contributed by atoms with E-state index >= 15 is 0 Å². The zero-order chi connectivity index (χ0) is 9.36. The molecule has 0 radical (unpaired) electrons. The lowest BCUT2D eigenvalue weighted by atomic mass is 10.2. The largest absolute Gasteiger partial charge is 0.479 e. The highest BCUT2D eigenvalue weighted by Gasteiger charge is 2.05. The Labute approximate surface area is 77.4 Å². The van der Waals surface area contributed by atoms with Gasteiger partial charge in [0.25, 0.3) is 0 Å². The Morgan fingerprint density at radius 3 is 3.08 bits per heavy atom. The molecule has 0 amide bonds. The molecule has 0 aromatic rings. The quantitative estimate of drug-likeness (QED) is 0.269. The molecule has 0 spiro atoms. The molecule has 0 atom stereocenters. The summed E-state index contributed by atoms with van der Waals surface area (Å²) in [6.07, 6.45) is 4.02. The first-order chi connectivity index (χ1) is 6.43. The van der Waals surface area contributed by atoms with Crippen molar-refractivity contribution in [3.05, 3.63) is 10.4 Å². The Balaban J connectivity index is 1.91. The van der Waals surface area contributed by atoms with Crippen LogP contribution < -0.4 is 0 Å². The summed E-state index contributed by atoms with van der Waals surface area (Å²) < 4.78 is 5.25. The summed E-state index contributed by atoms with van der Waals surface area (Å²) >= 11 is 0. The van der Waals surface area contributed by atoms with Gasteiger partial charge in [-0.05, 0) is 18.4 Å². The second-order valence-electron chi connectivity index (χ2n) is 2.89. The lowest BCUT2D eigenvalue weighted by Crippen LogP contribution is -1.98. The van der Waals surface area contributed by atoms with Crippen LogP contribution in [-0.4, -0.2) is 25.6 Å². The predicted octanol–water partition coefficient (Wildman–Crippen LogP) is 2.29. The summed E-state index contributed by atoms with van der Waals surface area (Å²) in [6, 6.07) is 0. The van der Waals surface area contributed by atoms with Crippen molar-refractivity contribution in [1.82, 2.24) is 0 Å². The van der Waals surface area contributed by atoms with Gasteiger partial charge in [-0.25, -0.2) is 0 Å². The van der Waals surface area contributed by atoms with Gasteiger partial charge < -0.3 is 4.74 Å². The summed E-state index contributed by atoms with van der Waals surface area (Å²) in [7, 11) is 0. The van der Waals surface area contributed by atoms with Gasteiger partial charge in [-0.1, -0.05) is 11.5 Å². The average molecular weight is 182 g/mol. The van der Waals surface area contributed by atoms with Crippen LogP contribution in [0, 0.1) is 0 Å². The molecule has 5 heteroatoms. The van der Waals surface area contributed by atoms with Gasteiger partial charge in [0.05, 0.1) is 6.54 Å². The minimum absolute atomic E-state index is 0.601. The van der Waals surface area contributed by atoms with E-state index in [-0.39, 0.29) is 0 Å². The maximum atomic E-state index is 8.01. The van der Waals surface area contributed by atoms with E-state index in [0.29, 0.717) is 6.54 Å². The van der Waals surface area contributed by atoms with E-state index in [4.69, 9.17) is 10.3 Å². The lowest BCUT2D eigenvalue weighted by molar-refractivity contribution is 0.336. The monoisotopic (exact) mass is 182 g/mol. The Hall–Kier alpha value is -1.22. The number of hydrogen-bond acceptors (Lipinski definition) is 3. The average Bonchev–Trinajstić information content (AvgIpc) is 2.63. The van der Waals surface area contributed by atoms with Gasteiger partial charge in [0.2, 0.25) is 0 Å². The fraction of sp³-hybridized carbons (Fsp3) is 0.875. The molecule has 1 rings (SSSR count). The van der Waals surface area contributed by atoms with Crippen molar-refractivity contribution in [3.63, 3.8) is 0 Å². The van der Waals surface area contributed by atoms with E-state index in [2.05, 4.69) is 15.0 Å². The van der Waals surface area contributed by atoms with Gasteiger partial charge in [0.1, 0.15) is 6.61 Å². The second-order valence-corrected chi connectivity index (χ2v) is 2.89. The van der Waals surface area contributed by atoms with Gasteiger partial charge in [-0.15, -0.1) is 0 Å². The third kappa shape index (κ3) is 4.38. The van der Waals surface area contributed by atoms with E-state index in [1.54, 1.807) is 0 Å². The number of hydrogen-bond donors (Lipinski definition) is 0. The molecule has 0 fully saturated rings. The highest BCUT2D eigenvalue weighted by atomic mass is 16.5. The Kier molecular flexibility index (Phi) is 4.79. The fourth-order valence-corrected chi connectivity index (χ4v) is 1.21. The minimum atomic E-state index is 0.601. The molecule has 0 aliphatic carbocycles. The molecule has 72 valence electrons. The van der Waals surface area contributed by atoms with Crippen molar-refractivity contribution in [3.8, 4) is 0 Å². The summed E-state index contributed by atoms with van der Waals surface area (Å²) in [6.45, 7) is 2.16. The maximum absolute atomic E-state index is 8.01. The molecule has 0 N–H and O–H groups in total. The zero-order valence-corrected chi connectivity index (χ0v) is 7.65. The van der Waals surface area contributed by atoms with Gasteiger partial charge in [-0.2, -0.15) is 0 Å². The minimum Gasteiger partial charge on any atom is -0.479 e. The highest BCUT2D eigenvalue weighted by Crippen LogP contribution is 2.05. The maximum Gasteiger partial charge on any atom is 0.183 e. The van der Waals surface area contributed by atoms with Crippen molar-refractivity contribution >= 4 is 5.90 Å². The zero-order valence-electron chi connectivity index (χ0n) is 7.65. The summed E-state index contributed by atoms with van der Waals surface area (Å²) in [5.41, 5.74) is 8.01. The molecule has 5 nitrogen and oxygen atoms in total. The van der Waals surface area contributed by atoms with Crippen molar-refractivity contribution in [2.45, 2.75) is 25.7 Å². The van der Waals surface area contributed by atoms with Crippen molar-refractivity contribution in [2.24, 2.45) is 10.1 Å². The smallest absolute Gasteiger partial charge is 0.183 e. The number of unbranched alkanes of at least 4 members (excludes halogenated alkanes) is 2. The number of aliphatic imine (C=N–C) groups is 1. The normalized spacial score (nSPS) is 14.6. The van der Waals surface area contributed by atoms with E-state index in [9.17, 15) is 0 Å². The first kappa shape index (κ1) is 9.86. The topological polar surface area (TPSA) is 70.4 Å². The summed E-state index contributed by atoms with van der Waals surface area (Å²) in [5.74, 6) is 0.892. The van der Waals surface area contributed by atoms with E-state index in [0.717, 1.165) is 44.7 Å². The molecular weight excluding hydrogens is 168 g/mol. The number of nitrogens with zero attached hydrogens (tertiary/aromatic N) is 4. The van der Waals surface area contributed by atoms with Gasteiger partial charge in [0, 0.05) is 17.9 Å². The van der Waals surface area contributed by atoms with E-state index in [1.165, 1.54) is 0 Å². The number of ether oxygens (including phenoxy) is 1. The van der Waals surface area contributed by atoms with Crippen molar-refractivity contribution in [2.75, 3.05) is 19.7 Å². The van der Waals surface area contributed by atoms with Crippen LogP contribution in [0.25, 0.3) is 10.4 Å². The molecule has 0 aromatic heterocycles. The Morgan fingerprint density at radius 1 is 1.46 bits per heavy atom. The molecule has 0 bridgehead atoms. The first-order valence-corrected chi connectivity index (χ1v) is 4.60. The molecular formula is C8H14N4O. The summed E-state index contributed by atoms with van der Waals surface area (Å²) in [4.78, 5) is 6.87. The standard InChI is InChI=1S/C8H14N4O/c9-12-11-5-3-1-2-4-8-10-6-7-13-8/h1-7H2. The van der Waals surface area contributed by atoms with Crippen molar-refractivity contribution < 1.29 is 4.74 Å². The third-order valence-corrected chi connectivity index (χ3v) is 1.86. The number of rotatable bonds is 6. The molecule has 0 aromatic carbocycles. The van der Waals surface area contributed by atoms with Crippen molar-refractivity contribution in [1.29, 1.82) is 0 Å². The fourth-order valence-electron chi connectivity index (χ4n) is 1.21. The SMILES string of the molecule is [N-]=[N+]=NCCCCCC1=NCCO1. The first-order valence-electron chi connectivity index (χ1n) is 4.60. The summed E-state index contributed by atoms with van der Waals surface area (Å²) in [5, 5.41) is 3.46. The third-order valence-electron chi connectivity index (χ3n) is 1.86. The Morgan fingerprint density at radius 2 is 2.38 bits per heavy atom. The van der Waals surface area contributed by atoms with Gasteiger partial charge in [0.15, 0.2) is 5.90 Å². The van der Waals surface area contributed by atoms with Gasteiger partial charge in [-0.3, -0.25) is 4.99 Å². The lowest BCUT2D eigenvalue weighted by Gasteiger charge is -1.99. The van der Waals surface area contributed by atoms with Crippen LogP contribution in [0.3, 0.4) is 0 Å². The molecule has 0 saturated heterocycles. The molecule has 0 unspecified atom stereocenters. The van der Waals surface area contributed by atoms with Crippen LogP contribution in [0.15, 0.2) is 10.1 Å². The molecule has 1 aliphatic rings. The Bertz CT molecular complexity index is 220. The predicted molar refractivity (Wildman–Crippen MR) is 50.7 cm³/mol. The van der Waals surface area contributed by atoms with Crippen LogP contribution in [0.1, 0.15) is 25.7 Å². The molecule has 1 heterocycles. The number of azide groups is 1. The molecule has 0 saturated carbocycles. The van der Waals surface area contributed by atoms with E-state index in [1.807, 2.05) is 0 Å². The molecule has 13 heavy (non-hydrogen) atoms. The van der Waals surface area contributed by atoms with E-state index < -0.39 is 0 Å². The van der Waals surface area contributed by atoms with Crippen LogP contribution in [0.5, 0.6) is 0 Å². The van der Waals surface area contributed by atoms with Crippen LogP contribution in [0.2, 0.25) is 0 Å². The van der Waals surface area contributed by atoms with Crippen LogP contribution in [-0.2, 0) is 4.74 Å².